The lowest BCUT2D eigenvalue weighted by atomic mass is 9.90. The molecule has 4 rings (SSSR count). The van der Waals surface area contributed by atoms with Crippen LogP contribution in [-0.2, 0) is 0 Å². The van der Waals surface area contributed by atoms with E-state index in [2.05, 4.69) is 46.9 Å². The van der Waals surface area contributed by atoms with Crippen molar-refractivity contribution in [1.82, 2.24) is 10.6 Å². The molecule has 1 heterocycles. The van der Waals surface area contributed by atoms with E-state index in [9.17, 15) is 4.39 Å². The van der Waals surface area contributed by atoms with Crippen molar-refractivity contribution in [2.24, 2.45) is 5.11 Å². The van der Waals surface area contributed by atoms with Gasteiger partial charge in [-0.3, -0.25) is 0 Å². The molecule has 0 spiro atoms. The van der Waals surface area contributed by atoms with E-state index >= 15 is 0 Å². The molecule has 1 aliphatic carbocycles. The molecule has 4 nitrogen and oxygen atoms in total. The molecule has 28 heavy (non-hydrogen) atoms. The first-order chi connectivity index (χ1) is 13.6. The van der Waals surface area contributed by atoms with Crippen molar-refractivity contribution in [3.05, 3.63) is 88.4 Å². The number of benzene rings is 2. The fourth-order valence-corrected chi connectivity index (χ4v) is 3.57. The standard InChI is InChI=1S/C22H23FN2.CH4N2/c1-3-10-24-22-18-8-6-15(13-19(18)22)17-5-4-11-25-21(17)16-7-9-20(23)14(2)12-16;1-3-2/h4-9,11-13,21-22,24-25H,3,10H2,1-2H3;2H,1H3. The minimum absolute atomic E-state index is 0.0446. The molecule has 2 atom stereocenters. The van der Waals surface area contributed by atoms with Gasteiger partial charge in [-0.2, -0.15) is 0 Å². The second-order valence-electron chi connectivity index (χ2n) is 7.04. The molecule has 2 aliphatic rings. The van der Waals surface area contributed by atoms with Gasteiger partial charge in [0.25, 0.3) is 0 Å². The summed E-state index contributed by atoms with van der Waals surface area (Å²) in [4.78, 5) is 0. The predicted molar refractivity (Wildman–Crippen MR) is 112 cm³/mol. The van der Waals surface area contributed by atoms with Crippen molar-refractivity contribution in [2.75, 3.05) is 13.6 Å². The Morgan fingerprint density at radius 2 is 1.96 bits per heavy atom. The van der Waals surface area contributed by atoms with Crippen molar-refractivity contribution < 1.29 is 4.39 Å². The van der Waals surface area contributed by atoms with E-state index in [1.165, 1.54) is 29.3 Å². The van der Waals surface area contributed by atoms with Crippen LogP contribution in [-0.4, -0.2) is 13.6 Å². The zero-order chi connectivity index (χ0) is 20.1. The highest BCUT2D eigenvalue weighted by Gasteiger charge is 2.32. The minimum Gasteiger partial charge on any atom is -0.380 e. The number of aryl methyl sites for hydroxylation is 1. The molecule has 0 bridgehead atoms. The Hall–Kier alpha value is -2.79. The largest absolute Gasteiger partial charge is 0.380 e. The van der Waals surface area contributed by atoms with E-state index < -0.39 is 0 Å². The number of fused-ring (bicyclic) bond motifs is 1. The van der Waals surface area contributed by atoms with Gasteiger partial charge in [0.05, 0.1) is 12.1 Å². The van der Waals surface area contributed by atoms with E-state index in [1.807, 2.05) is 31.3 Å². The summed E-state index contributed by atoms with van der Waals surface area (Å²) in [5.74, 6) is -0.157. The lowest BCUT2D eigenvalue weighted by molar-refractivity contribution is 0.616. The van der Waals surface area contributed by atoms with Crippen molar-refractivity contribution in [2.45, 2.75) is 32.4 Å². The zero-order valence-corrected chi connectivity index (χ0v) is 16.6. The van der Waals surface area contributed by atoms with Crippen LogP contribution in [0.5, 0.6) is 0 Å². The Labute approximate surface area is 166 Å². The van der Waals surface area contributed by atoms with Crippen LogP contribution in [0.2, 0.25) is 0 Å². The summed E-state index contributed by atoms with van der Waals surface area (Å²) < 4.78 is 13.6. The third kappa shape index (κ3) is 4.20. The van der Waals surface area contributed by atoms with Crippen LogP contribution in [0.15, 0.2) is 59.9 Å². The molecule has 0 saturated heterocycles. The van der Waals surface area contributed by atoms with E-state index in [1.54, 1.807) is 6.07 Å². The summed E-state index contributed by atoms with van der Waals surface area (Å²) >= 11 is 0. The van der Waals surface area contributed by atoms with Gasteiger partial charge >= 0.3 is 0 Å². The number of rotatable bonds is 5. The summed E-state index contributed by atoms with van der Waals surface area (Å²) in [5.41, 5.74) is 12.8. The Bertz CT molecular complexity index is 917. The summed E-state index contributed by atoms with van der Waals surface area (Å²) in [6, 6.07) is 12.5. The van der Waals surface area contributed by atoms with Crippen molar-refractivity contribution in [3.63, 3.8) is 0 Å². The number of allylic oxidation sites excluding steroid dienone is 2. The quantitative estimate of drug-likeness (QED) is 0.608. The lowest BCUT2D eigenvalue weighted by Crippen LogP contribution is -2.19. The van der Waals surface area contributed by atoms with E-state index in [4.69, 9.17) is 5.53 Å². The maximum Gasteiger partial charge on any atom is 0.126 e. The summed E-state index contributed by atoms with van der Waals surface area (Å²) in [6.45, 7) is 5.04. The molecular weight excluding hydrogens is 351 g/mol. The van der Waals surface area contributed by atoms with Gasteiger partial charge in [-0.15, -0.1) is 0 Å². The number of dihydropyridines is 1. The predicted octanol–water partition coefficient (Wildman–Crippen LogP) is 5.43. The third-order valence-corrected chi connectivity index (χ3v) is 5.02. The molecule has 146 valence electrons. The number of hydrogen-bond acceptors (Lipinski definition) is 4. The third-order valence-electron chi connectivity index (χ3n) is 5.02. The van der Waals surface area contributed by atoms with Gasteiger partial charge in [-0.05, 0) is 77.7 Å². The smallest absolute Gasteiger partial charge is 0.126 e. The molecule has 0 radical (unpaired) electrons. The molecule has 2 unspecified atom stereocenters. The molecule has 0 amide bonds. The van der Waals surface area contributed by atoms with Gasteiger partial charge < -0.3 is 10.6 Å². The van der Waals surface area contributed by atoms with Gasteiger partial charge in [0.15, 0.2) is 0 Å². The first kappa shape index (κ1) is 20.0. The van der Waals surface area contributed by atoms with E-state index in [-0.39, 0.29) is 11.9 Å². The van der Waals surface area contributed by atoms with Gasteiger partial charge in [0.1, 0.15) is 5.82 Å². The average molecular weight is 378 g/mol. The number of nitrogens with zero attached hydrogens (tertiary/aromatic N) is 1. The monoisotopic (exact) mass is 378 g/mol. The molecular formula is C23H27FN4. The number of hydrogen-bond donors (Lipinski definition) is 3. The number of nitrogens with one attached hydrogen (secondary N) is 3. The summed E-state index contributed by atoms with van der Waals surface area (Å²) in [7, 11) is 1.42. The van der Waals surface area contributed by atoms with Gasteiger partial charge in [-0.25, -0.2) is 15.0 Å². The van der Waals surface area contributed by atoms with Crippen molar-refractivity contribution >= 4 is 5.57 Å². The normalized spacial score (nSPS) is 18.9. The maximum absolute atomic E-state index is 13.6. The zero-order valence-electron chi connectivity index (χ0n) is 16.6. The van der Waals surface area contributed by atoms with Crippen LogP contribution in [0.1, 0.15) is 53.2 Å². The van der Waals surface area contributed by atoms with Crippen LogP contribution >= 0.6 is 0 Å². The fraction of sp³-hybridized carbons (Fsp3) is 0.304. The molecule has 1 aliphatic heterocycles. The second-order valence-corrected chi connectivity index (χ2v) is 7.04. The van der Waals surface area contributed by atoms with E-state index in [0.717, 1.165) is 18.5 Å². The Morgan fingerprint density at radius 3 is 2.68 bits per heavy atom. The SMILES string of the molecule is CCCNC1c2ccc(C3=CC=CNC3c3ccc(F)c(C)c3)cc21.CN=N. The van der Waals surface area contributed by atoms with Crippen LogP contribution < -0.4 is 10.6 Å². The second kappa shape index (κ2) is 8.93. The van der Waals surface area contributed by atoms with Gasteiger partial charge in [0.2, 0.25) is 0 Å². The first-order valence-corrected chi connectivity index (χ1v) is 9.62. The molecule has 2 aromatic carbocycles. The molecule has 0 aromatic heterocycles. The summed E-state index contributed by atoms with van der Waals surface area (Å²) in [6.07, 6.45) is 7.27. The van der Waals surface area contributed by atoms with E-state index in [0.29, 0.717) is 11.6 Å². The van der Waals surface area contributed by atoms with Crippen molar-refractivity contribution in [3.8, 4) is 0 Å². The van der Waals surface area contributed by atoms with Crippen LogP contribution in [0.4, 0.5) is 4.39 Å². The first-order valence-electron chi connectivity index (χ1n) is 9.62. The van der Waals surface area contributed by atoms with Crippen LogP contribution in [0, 0.1) is 18.3 Å². The lowest BCUT2D eigenvalue weighted by Gasteiger charge is -2.24. The molecule has 5 heteroatoms. The minimum atomic E-state index is -0.157. The number of halogens is 1. The average Bonchev–Trinajstić information content (AvgIpc) is 3.41. The molecule has 0 saturated carbocycles. The van der Waals surface area contributed by atoms with Crippen LogP contribution in [0.25, 0.3) is 5.57 Å². The highest BCUT2D eigenvalue weighted by molar-refractivity contribution is 5.76. The Morgan fingerprint density at radius 1 is 1.18 bits per heavy atom. The topological polar surface area (TPSA) is 60.3 Å². The Balaban J connectivity index is 0.000000706. The summed E-state index contributed by atoms with van der Waals surface area (Å²) in [5, 5.41) is 9.74. The van der Waals surface area contributed by atoms with Gasteiger partial charge in [0, 0.05) is 7.05 Å². The molecule has 2 aromatic rings. The van der Waals surface area contributed by atoms with Crippen LogP contribution in [0.3, 0.4) is 0 Å². The molecule has 0 fully saturated rings. The highest BCUT2D eigenvalue weighted by atomic mass is 19.1. The molecule has 3 N–H and O–H groups in total. The van der Waals surface area contributed by atoms with Crippen molar-refractivity contribution in [1.29, 1.82) is 5.53 Å². The Kier molecular flexibility index (Phi) is 6.37. The van der Waals surface area contributed by atoms with Gasteiger partial charge in [-0.1, -0.05) is 37.3 Å². The maximum atomic E-state index is 13.6. The fourth-order valence-electron chi connectivity index (χ4n) is 3.57. The highest BCUT2D eigenvalue weighted by Crippen LogP contribution is 2.44.